The molecule has 1 aliphatic rings. The highest BCUT2D eigenvalue weighted by Crippen LogP contribution is 2.23. The number of nitriles is 1. The van der Waals surface area contributed by atoms with E-state index < -0.39 is 0 Å². The smallest absolute Gasteiger partial charge is 0.322 e. The maximum Gasteiger partial charge on any atom is 0.322 e. The van der Waals surface area contributed by atoms with Crippen LogP contribution < -0.4 is 10.2 Å². The van der Waals surface area contributed by atoms with Crippen LogP contribution in [0.15, 0.2) is 54.6 Å². The summed E-state index contributed by atoms with van der Waals surface area (Å²) in [6.45, 7) is 4.03. The van der Waals surface area contributed by atoms with E-state index in [1.165, 1.54) is 17.1 Å². The second kappa shape index (κ2) is 8.93. The molecule has 3 aromatic rings. The highest BCUT2D eigenvalue weighted by Gasteiger charge is 2.29. The standard InChI is InChI=1S/C22H22N6OS/c1-16-15-27(22-25-20(26-30-22)13-17-6-3-2-4-7-17)10-11-28(16)21(29)24-19-9-5-8-18(12-19)14-23/h2-9,12,16H,10-11,13,15H2,1H3,(H,24,29). The number of aromatic nitrogens is 2. The summed E-state index contributed by atoms with van der Waals surface area (Å²) in [7, 11) is 0. The molecule has 2 amide bonds. The molecule has 4 rings (SSSR count). The molecule has 0 spiro atoms. The Balaban J connectivity index is 1.36. The first-order chi connectivity index (χ1) is 14.6. The molecular weight excluding hydrogens is 396 g/mol. The first-order valence-electron chi connectivity index (χ1n) is 9.81. The third-order valence-electron chi connectivity index (χ3n) is 5.06. The maximum absolute atomic E-state index is 12.7. The Kier molecular flexibility index (Phi) is 5.91. The van der Waals surface area contributed by atoms with Gasteiger partial charge in [-0.25, -0.2) is 9.78 Å². The number of nitrogens with one attached hydrogen (secondary N) is 1. The predicted molar refractivity (Wildman–Crippen MR) is 118 cm³/mol. The maximum atomic E-state index is 12.7. The van der Waals surface area contributed by atoms with Crippen molar-refractivity contribution in [2.24, 2.45) is 0 Å². The van der Waals surface area contributed by atoms with E-state index in [2.05, 4.69) is 32.8 Å². The van der Waals surface area contributed by atoms with Crippen LogP contribution in [0, 0.1) is 11.3 Å². The molecule has 0 aliphatic carbocycles. The number of piperazine rings is 1. The quantitative estimate of drug-likeness (QED) is 0.698. The Bertz CT molecular complexity index is 1060. The molecule has 0 bridgehead atoms. The average molecular weight is 419 g/mol. The number of rotatable bonds is 4. The molecule has 0 radical (unpaired) electrons. The lowest BCUT2D eigenvalue weighted by atomic mass is 10.1. The monoisotopic (exact) mass is 418 g/mol. The highest BCUT2D eigenvalue weighted by molar-refractivity contribution is 7.09. The fourth-order valence-electron chi connectivity index (χ4n) is 3.52. The van der Waals surface area contributed by atoms with Gasteiger partial charge in [0, 0.05) is 49.3 Å². The minimum Gasteiger partial charge on any atom is -0.343 e. The number of hydrogen-bond donors (Lipinski definition) is 1. The van der Waals surface area contributed by atoms with Gasteiger partial charge >= 0.3 is 6.03 Å². The SMILES string of the molecule is CC1CN(c2nc(Cc3ccccc3)ns2)CCN1C(=O)Nc1cccc(C#N)c1. The molecule has 0 saturated carbocycles. The first-order valence-corrected chi connectivity index (χ1v) is 10.6. The lowest BCUT2D eigenvalue weighted by Gasteiger charge is -2.39. The fourth-order valence-corrected chi connectivity index (χ4v) is 4.24. The van der Waals surface area contributed by atoms with Crippen LogP contribution in [-0.2, 0) is 6.42 Å². The van der Waals surface area contributed by atoms with E-state index in [-0.39, 0.29) is 12.1 Å². The van der Waals surface area contributed by atoms with Gasteiger partial charge < -0.3 is 15.1 Å². The average Bonchev–Trinajstić information content (AvgIpc) is 3.23. The van der Waals surface area contributed by atoms with E-state index in [0.717, 1.165) is 17.4 Å². The van der Waals surface area contributed by atoms with Crippen molar-refractivity contribution in [3.8, 4) is 6.07 Å². The summed E-state index contributed by atoms with van der Waals surface area (Å²) in [5.74, 6) is 0.825. The minimum absolute atomic E-state index is 0.0272. The van der Waals surface area contributed by atoms with Crippen molar-refractivity contribution in [1.82, 2.24) is 14.3 Å². The van der Waals surface area contributed by atoms with E-state index in [1.54, 1.807) is 24.3 Å². The molecule has 1 unspecified atom stereocenters. The number of nitrogens with zero attached hydrogens (tertiary/aromatic N) is 5. The molecule has 8 heteroatoms. The van der Waals surface area contributed by atoms with Gasteiger partial charge in [0.1, 0.15) is 5.82 Å². The third kappa shape index (κ3) is 4.58. The topological polar surface area (TPSA) is 85.2 Å². The first kappa shape index (κ1) is 19.9. The second-order valence-electron chi connectivity index (χ2n) is 7.27. The lowest BCUT2D eigenvalue weighted by molar-refractivity contribution is 0.185. The summed E-state index contributed by atoms with van der Waals surface area (Å²) < 4.78 is 4.51. The van der Waals surface area contributed by atoms with Gasteiger partial charge in [-0.15, -0.1) is 0 Å². The van der Waals surface area contributed by atoms with Crippen LogP contribution in [0.2, 0.25) is 0 Å². The lowest BCUT2D eigenvalue weighted by Crippen LogP contribution is -2.55. The summed E-state index contributed by atoms with van der Waals surface area (Å²) in [6, 6.07) is 19.1. The molecule has 1 N–H and O–H groups in total. The van der Waals surface area contributed by atoms with Crippen molar-refractivity contribution in [3.05, 3.63) is 71.5 Å². The summed E-state index contributed by atoms with van der Waals surface area (Å²) >= 11 is 1.41. The molecule has 2 heterocycles. The summed E-state index contributed by atoms with van der Waals surface area (Å²) in [4.78, 5) is 21.4. The highest BCUT2D eigenvalue weighted by atomic mass is 32.1. The van der Waals surface area contributed by atoms with Crippen molar-refractivity contribution in [2.45, 2.75) is 19.4 Å². The van der Waals surface area contributed by atoms with Crippen LogP contribution in [0.1, 0.15) is 23.9 Å². The summed E-state index contributed by atoms with van der Waals surface area (Å²) in [5.41, 5.74) is 2.34. The number of benzene rings is 2. The number of hydrogen-bond acceptors (Lipinski definition) is 6. The van der Waals surface area contributed by atoms with Crippen LogP contribution in [0.3, 0.4) is 0 Å². The van der Waals surface area contributed by atoms with Crippen LogP contribution >= 0.6 is 11.5 Å². The molecule has 152 valence electrons. The summed E-state index contributed by atoms with van der Waals surface area (Å²) in [6.07, 6.45) is 0.719. The zero-order chi connectivity index (χ0) is 20.9. The van der Waals surface area contributed by atoms with Gasteiger partial charge in [0.15, 0.2) is 0 Å². The van der Waals surface area contributed by atoms with Crippen LogP contribution in [-0.4, -0.2) is 46.0 Å². The third-order valence-corrected chi connectivity index (χ3v) is 5.88. The van der Waals surface area contributed by atoms with E-state index in [9.17, 15) is 4.79 Å². The van der Waals surface area contributed by atoms with Crippen molar-refractivity contribution in [3.63, 3.8) is 0 Å². The van der Waals surface area contributed by atoms with Gasteiger partial charge in [-0.1, -0.05) is 36.4 Å². The molecule has 1 atom stereocenters. The number of anilines is 2. The molecule has 1 fully saturated rings. The van der Waals surface area contributed by atoms with Gasteiger partial charge in [0.25, 0.3) is 0 Å². The van der Waals surface area contributed by atoms with Crippen LogP contribution in [0.5, 0.6) is 0 Å². The van der Waals surface area contributed by atoms with Crippen LogP contribution in [0.4, 0.5) is 15.6 Å². The molecule has 1 saturated heterocycles. The van der Waals surface area contributed by atoms with Gasteiger partial charge in [-0.05, 0) is 30.7 Å². The van der Waals surface area contributed by atoms with Crippen molar-refractivity contribution in [1.29, 1.82) is 5.26 Å². The van der Waals surface area contributed by atoms with Crippen molar-refractivity contribution < 1.29 is 4.79 Å². The van der Waals surface area contributed by atoms with E-state index in [4.69, 9.17) is 10.2 Å². The summed E-state index contributed by atoms with van der Waals surface area (Å²) in [5, 5.41) is 12.8. The van der Waals surface area contributed by atoms with E-state index in [1.807, 2.05) is 30.0 Å². The Hall–Kier alpha value is -3.44. The minimum atomic E-state index is -0.153. The number of carbonyl (C=O) groups is 1. The van der Waals surface area contributed by atoms with Crippen molar-refractivity contribution >= 4 is 28.4 Å². The Morgan fingerprint density at radius 3 is 2.83 bits per heavy atom. The van der Waals surface area contributed by atoms with Gasteiger partial charge in [0.05, 0.1) is 11.6 Å². The van der Waals surface area contributed by atoms with Gasteiger partial charge in [-0.2, -0.15) is 9.64 Å². The van der Waals surface area contributed by atoms with Crippen molar-refractivity contribution in [2.75, 3.05) is 29.9 Å². The largest absolute Gasteiger partial charge is 0.343 e. The molecule has 2 aromatic carbocycles. The molecule has 30 heavy (non-hydrogen) atoms. The number of carbonyl (C=O) groups excluding carboxylic acids is 1. The van der Waals surface area contributed by atoms with Gasteiger partial charge in [-0.3, -0.25) is 0 Å². The molecule has 7 nitrogen and oxygen atoms in total. The molecule has 1 aromatic heterocycles. The Morgan fingerprint density at radius 1 is 1.23 bits per heavy atom. The number of urea groups is 1. The molecule has 1 aliphatic heterocycles. The van der Waals surface area contributed by atoms with E-state index in [0.29, 0.717) is 30.9 Å². The second-order valence-corrected chi connectivity index (χ2v) is 8.00. The Labute approximate surface area is 179 Å². The fraction of sp³-hybridized carbons (Fsp3) is 0.273. The van der Waals surface area contributed by atoms with E-state index >= 15 is 0 Å². The molecular formula is C22H22N6OS. The van der Waals surface area contributed by atoms with Crippen LogP contribution in [0.25, 0.3) is 0 Å². The zero-order valence-electron chi connectivity index (χ0n) is 16.7. The van der Waals surface area contributed by atoms with Gasteiger partial charge in [0.2, 0.25) is 5.13 Å². The normalized spacial score (nSPS) is 16.2. The zero-order valence-corrected chi connectivity index (χ0v) is 17.5. The predicted octanol–water partition coefficient (Wildman–Crippen LogP) is 3.74. The Morgan fingerprint density at radius 2 is 2.07 bits per heavy atom. The number of amides is 2.